The zero-order valence-electron chi connectivity index (χ0n) is 16.0. The van der Waals surface area contributed by atoms with Gasteiger partial charge in [-0.2, -0.15) is 0 Å². The predicted molar refractivity (Wildman–Crippen MR) is 107 cm³/mol. The van der Waals surface area contributed by atoms with Crippen LogP contribution in [0.2, 0.25) is 0 Å². The van der Waals surface area contributed by atoms with Crippen LogP contribution >= 0.6 is 0 Å². The first-order chi connectivity index (χ1) is 13.1. The summed E-state index contributed by atoms with van der Waals surface area (Å²) in [5.41, 5.74) is 3.60. The Morgan fingerprint density at radius 1 is 1.11 bits per heavy atom. The minimum absolute atomic E-state index is 0.0987. The quantitative estimate of drug-likeness (QED) is 0.801. The van der Waals surface area contributed by atoms with E-state index in [2.05, 4.69) is 10.6 Å². The van der Waals surface area contributed by atoms with E-state index >= 15 is 0 Å². The van der Waals surface area contributed by atoms with E-state index in [-0.39, 0.29) is 35.5 Å². The fourth-order valence-corrected chi connectivity index (χ4v) is 4.67. The van der Waals surface area contributed by atoms with Crippen molar-refractivity contribution >= 4 is 33.0 Å². The van der Waals surface area contributed by atoms with Crippen molar-refractivity contribution in [2.75, 3.05) is 23.0 Å². The van der Waals surface area contributed by atoms with Crippen LogP contribution in [0.25, 0.3) is 0 Å². The first kappa shape index (κ1) is 19.9. The summed E-state index contributed by atoms with van der Waals surface area (Å²) in [6.45, 7) is 5.34. The molecule has 7 nitrogen and oxygen atoms in total. The number of amides is 2. The normalized spacial score (nSPS) is 13.3. The van der Waals surface area contributed by atoms with Crippen LogP contribution in [0.15, 0.2) is 35.2 Å². The number of hydrogen-bond donors (Lipinski definition) is 2. The monoisotopic (exact) mass is 402 g/mol. The Bertz CT molecular complexity index is 1040. The maximum atomic E-state index is 12.7. The molecule has 3 rings (SSSR count). The SMILES string of the molecule is Cc1cc(C)cc(NC(=O)CCS(=O)(=O)c2cc3c(cc2C)NC(=O)CO3)c1. The average Bonchev–Trinajstić information content (AvgIpc) is 2.58. The fraction of sp³-hybridized carbons (Fsp3) is 0.300. The van der Waals surface area contributed by atoms with Crippen molar-refractivity contribution in [1.82, 2.24) is 0 Å². The van der Waals surface area contributed by atoms with Crippen molar-refractivity contribution in [2.24, 2.45) is 0 Å². The molecule has 0 bridgehead atoms. The Hall–Kier alpha value is -2.87. The van der Waals surface area contributed by atoms with Gasteiger partial charge in [-0.25, -0.2) is 8.42 Å². The molecule has 8 heteroatoms. The van der Waals surface area contributed by atoms with E-state index in [9.17, 15) is 18.0 Å². The van der Waals surface area contributed by atoms with Crippen LogP contribution in [0.5, 0.6) is 5.75 Å². The molecule has 0 spiro atoms. The van der Waals surface area contributed by atoms with E-state index < -0.39 is 9.84 Å². The zero-order chi connectivity index (χ0) is 20.5. The third-order valence-electron chi connectivity index (χ3n) is 4.35. The van der Waals surface area contributed by atoms with Crippen molar-refractivity contribution in [2.45, 2.75) is 32.1 Å². The van der Waals surface area contributed by atoms with E-state index in [0.717, 1.165) is 11.1 Å². The van der Waals surface area contributed by atoms with E-state index in [1.54, 1.807) is 13.0 Å². The summed E-state index contributed by atoms with van der Waals surface area (Å²) in [6.07, 6.45) is -0.163. The molecule has 2 aromatic rings. The van der Waals surface area contributed by atoms with Gasteiger partial charge in [0.1, 0.15) is 5.75 Å². The summed E-state index contributed by atoms with van der Waals surface area (Å²) in [7, 11) is -3.70. The number of benzene rings is 2. The molecule has 1 heterocycles. The minimum Gasteiger partial charge on any atom is -0.482 e. The van der Waals surface area contributed by atoms with Gasteiger partial charge in [-0.3, -0.25) is 9.59 Å². The molecule has 28 heavy (non-hydrogen) atoms. The van der Waals surface area contributed by atoms with Crippen LogP contribution in [0, 0.1) is 20.8 Å². The average molecular weight is 402 g/mol. The highest BCUT2D eigenvalue weighted by Gasteiger charge is 2.24. The number of rotatable bonds is 5. The van der Waals surface area contributed by atoms with E-state index in [1.807, 2.05) is 32.0 Å². The second-order valence-electron chi connectivity index (χ2n) is 6.94. The van der Waals surface area contributed by atoms with Gasteiger partial charge < -0.3 is 15.4 Å². The molecule has 2 amide bonds. The van der Waals surface area contributed by atoms with Gasteiger partial charge in [-0.1, -0.05) is 6.07 Å². The largest absolute Gasteiger partial charge is 0.482 e. The number of nitrogens with one attached hydrogen (secondary N) is 2. The fourth-order valence-electron chi connectivity index (χ4n) is 3.16. The highest BCUT2D eigenvalue weighted by Crippen LogP contribution is 2.33. The van der Waals surface area contributed by atoms with Gasteiger partial charge in [0.15, 0.2) is 16.4 Å². The van der Waals surface area contributed by atoms with Gasteiger partial charge in [0.2, 0.25) is 5.91 Å². The number of carbonyl (C=O) groups is 2. The molecule has 148 valence electrons. The van der Waals surface area contributed by atoms with Crippen LogP contribution in [-0.4, -0.2) is 32.6 Å². The number of carbonyl (C=O) groups excluding carboxylic acids is 2. The molecule has 1 aliphatic rings. The first-order valence-corrected chi connectivity index (χ1v) is 10.5. The Morgan fingerprint density at radius 2 is 1.79 bits per heavy atom. The van der Waals surface area contributed by atoms with E-state index in [0.29, 0.717) is 22.7 Å². The third-order valence-corrected chi connectivity index (χ3v) is 6.20. The van der Waals surface area contributed by atoms with Gasteiger partial charge in [-0.15, -0.1) is 0 Å². The van der Waals surface area contributed by atoms with Crippen molar-refractivity contribution in [1.29, 1.82) is 0 Å². The molecule has 0 fully saturated rings. The molecule has 0 aromatic heterocycles. The molecule has 0 unspecified atom stereocenters. The maximum absolute atomic E-state index is 12.7. The summed E-state index contributed by atoms with van der Waals surface area (Å²) < 4.78 is 30.8. The van der Waals surface area contributed by atoms with Gasteiger partial charge in [0, 0.05) is 18.2 Å². The van der Waals surface area contributed by atoms with Crippen LogP contribution in [-0.2, 0) is 19.4 Å². The lowest BCUT2D eigenvalue weighted by atomic mass is 10.1. The summed E-state index contributed by atoms with van der Waals surface area (Å²) in [5, 5.41) is 5.38. The second kappa shape index (κ2) is 7.63. The third kappa shape index (κ3) is 4.51. The maximum Gasteiger partial charge on any atom is 0.262 e. The van der Waals surface area contributed by atoms with Gasteiger partial charge in [0.25, 0.3) is 5.91 Å². The summed E-state index contributed by atoms with van der Waals surface area (Å²) in [6, 6.07) is 8.62. The number of aryl methyl sites for hydroxylation is 3. The predicted octanol–water partition coefficient (Wildman–Crippen LogP) is 2.75. The van der Waals surface area contributed by atoms with Crippen LogP contribution < -0.4 is 15.4 Å². The molecule has 0 saturated heterocycles. The van der Waals surface area contributed by atoms with Crippen molar-refractivity contribution < 1.29 is 22.7 Å². The lowest BCUT2D eigenvalue weighted by Gasteiger charge is -2.20. The van der Waals surface area contributed by atoms with Crippen LogP contribution in [0.3, 0.4) is 0 Å². The molecule has 0 atom stereocenters. The molecular formula is C20H22N2O5S. The number of sulfone groups is 1. The lowest BCUT2D eigenvalue weighted by molar-refractivity contribution is -0.118. The summed E-state index contributed by atoms with van der Waals surface area (Å²) in [4.78, 5) is 23.7. The minimum atomic E-state index is -3.70. The van der Waals surface area contributed by atoms with Gasteiger partial charge in [-0.05, 0) is 55.7 Å². The highest BCUT2D eigenvalue weighted by molar-refractivity contribution is 7.91. The standard InChI is InChI=1S/C20H22N2O5S/c1-12-6-13(2)8-15(7-12)21-19(23)4-5-28(25,26)18-10-17-16(9-14(18)3)22-20(24)11-27-17/h6-10H,4-5,11H2,1-3H3,(H,21,23)(H,22,24). The van der Waals surface area contributed by atoms with Crippen molar-refractivity contribution in [3.8, 4) is 5.75 Å². The zero-order valence-corrected chi connectivity index (χ0v) is 16.8. The smallest absolute Gasteiger partial charge is 0.262 e. The number of anilines is 2. The summed E-state index contributed by atoms with van der Waals surface area (Å²) in [5.74, 6) is -0.669. The van der Waals surface area contributed by atoms with Crippen LogP contribution in [0.1, 0.15) is 23.1 Å². The van der Waals surface area contributed by atoms with Crippen molar-refractivity contribution in [3.05, 3.63) is 47.0 Å². The Kier molecular flexibility index (Phi) is 5.42. The Morgan fingerprint density at radius 3 is 2.46 bits per heavy atom. The van der Waals surface area contributed by atoms with E-state index in [1.165, 1.54) is 6.07 Å². The topological polar surface area (TPSA) is 102 Å². The molecule has 2 N–H and O–H groups in total. The number of hydrogen-bond acceptors (Lipinski definition) is 5. The molecule has 0 aliphatic carbocycles. The number of fused-ring (bicyclic) bond motifs is 1. The first-order valence-electron chi connectivity index (χ1n) is 8.82. The number of ether oxygens (including phenoxy) is 1. The highest BCUT2D eigenvalue weighted by atomic mass is 32.2. The molecule has 0 radical (unpaired) electrons. The van der Waals surface area contributed by atoms with Gasteiger partial charge >= 0.3 is 0 Å². The molecular weight excluding hydrogens is 380 g/mol. The second-order valence-corrected chi connectivity index (χ2v) is 9.02. The van der Waals surface area contributed by atoms with Gasteiger partial charge in [0.05, 0.1) is 16.3 Å². The molecule has 1 aliphatic heterocycles. The van der Waals surface area contributed by atoms with Crippen LogP contribution in [0.4, 0.5) is 11.4 Å². The summed E-state index contributed by atoms with van der Waals surface area (Å²) >= 11 is 0. The van der Waals surface area contributed by atoms with Crippen molar-refractivity contribution in [3.63, 3.8) is 0 Å². The Labute approximate surface area is 164 Å². The van der Waals surface area contributed by atoms with E-state index in [4.69, 9.17) is 4.74 Å². The lowest BCUT2D eigenvalue weighted by Crippen LogP contribution is -2.26. The molecule has 0 saturated carbocycles. The molecule has 2 aromatic carbocycles. The Balaban J connectivity index is 1.71.